The second kappa shape index (κ2) is 5.37. The van der Waals surface area contributed by atoms with Crippen LogP contribution in [0.5, 0.6) is 0 Å². The highest BCUT2D eigenvalue weighted by Crippen LogP contribution is 2.37. The molecular formula is C11H14N4O3S. The van der Waals surface area contributed by atoms with Crippen LogP contribution in [-0.4, -0.2) is 17.7 Å². The van der Waals surface area contributed by atoms with E-state index >= 15 is 0 Å². The number of fused-ring (bicyclic) bond motifs is 1. The number of carbonyl (C=O) groups is 3. The van der Waals surface area contributed by atoms with Crippen molar-refractivity contribution in [3.05, 3.63) is 16.0 Å². The highest BCUT2D eigenvalue weighted by atomic mass is 32.1. The van der Waals surface area contributed by atoms with Gasteiger partial charge in [0.2, 0.25) is 0 Å². The maximum atomic E-state index is 11.5. The molecular weight excluding hydrogens is 268 g/mol. The Bertz CT molecular complexity index is 552. The standard InChI is InChI=1S/C11H14N4O3S/c12-8(16)7-5-3-1-2-4-6(5)19-11(7)14-9(17)10(18)15-13/h1-4,13H2,(H2,12,16)(H,14,17)(H,15,18). The monoisotopic (exact) mass is 282 g/mol. The number of hydrazine groups is 1. The second-order valence-corrected chi connectivity index (χ2v) is 5.31. The molecule has 102 valence electrons. The van der Waals surface area contributed by atoms with E-state index in [0.717, 1.165) is 36.1 Å². The molecule has 0 radical (unpaired) electrons. The molecule has 0 fully saturated rings. The Kier molecular flexibility index (Phi) is 3.82. The van der Waals surface area contributed by atoms with E-state index in [9.17, 15) is 14.4 Å². The minimum absolute atomic E-state index is 0.317. The molecule has 0 aliphatic heterocycles. The molecule has 3 amide bonds. The first-order valence-corrected chi connectivity index (χ1v) is 6.62. The lowest BCUT2D eigenvalue weighted by molar-refractivity contribution is -0.136. The first kappa shape index (κ1) is 13.5. The molecule has 0 saturated carbocycles. The summed E-state index contributed by atoms with van der Waals surface area (Å²) in [7, 11) is 0. The number of nitrogens with one attached hydrogen (secondary N) is 2. The summed E-state index contributed by atoms with van der Waals surface area (Å²) in [5.74, 6) is 2.39. The van der Waals surface area contributed by atoms with Gasteiger partial charge in [-0.1, -0.05) is 0 Å². The molecule has 0 bridgehead atoms. The number of thiophene rings is 1. The summed E-state index contributed by atoms with van der Waals surface area (Å²) in [6.07, 6.45) is 3.66. The van der Waals surface area contributed by atoms with E-state index in [1.165, 1.54) is 11.3 Å². The van der Waals surface area contributed by atoms with E-state index in [-0.39, 0.29) is 0 Å². The van der Waals surface area contributed by atoms with Gasteiger partial charge in [0.25, 0.3) is 5.91 Å². The third-order valence-electron chi connectivity index (χ3n) is 2.98. The number of hydrogen-bond acceptors (Lipinski definition) is 5. The summed E-state index contributed by atoms with van der Waals surface area (Å²) in [4.78, 5) is 35.1. The fraction of sp³-hybridized carbons (Fsp3) is 0.364. The van der Waals surface area contributed by atoms with Crippen molar-refractivity contribution >= 4 is 34.1 Å². The molecule has 7 nitrogen and oxygen atoms in total. The predicted molar refractivity (Wildman–Crippen MR) is 70.4 cm³/mol. The quantitative estimate of drug-likeness (QED) is 0.256. The summed E-state index contributed by atoms with van der Waals surface area (Å²) in [5, 5.41) is 2.71. The zero-order valence-corrected chi connectivity index (χ0v) is 10.9. The maximum absolute atomic E-state index is 11.5. The predicted octanol–water partition coefficient (Wildman–Crippen LogP) is -0.346. The van der Waals surface area contributed by atoms with E-state index in [1.807, 2.05) is 0 Å². The zero-order chi connectivity index (χ0) is 14.0. The largest absolute Gasteiger partial charge is 0.365 e. The fourth-order valence-corrected chi connectivity index (χ4v) is 3.43. The normalized spacial score (nSPS) is 13.5. The van der Waals surface area contributed by atoms with Gasteiger partial charge in [0, 0.05) is 4.88 Å². The first-order chi connectivity index (χ1) is 9.04. The van der Waals surface area contributed by atoms with Gasteiger partial charge >= 0.3 is 11.8 Å². The number of amides is 3. The Morgan fingerprint density at radius 2 is 1.79 bits per heavy atom. The third kappa shape index (κ3) is 2.59. The summed E-state index contributed by atoms with van der Waals surface area (Å²) >= 11 is 1.29. The van der Waals surface area contributed by atoms with Gasteiger partial charge in [-0.15, -0.1) is 11.3 Å². The Hall–Kier alpha value is -1.93. The summed E-state index contributed by atoms with van der Waals surface area (Å²) in [6, 6.07) is 0. The van der Waals surface area contributed by atoms with Gasteiger partial charge in [-0.25, -0.2) is 5.84 Å². The number of nitrogens with two attached hydrogens (primary N) is 2. The van der Waals surface area contributed by atoms with Crippen molar-refractivity contribution in [3.63, 3.8) is 0 Å². The topological polar surface area (TPSA) is 127 Å². The van der Waals surface area contributed by atoms with Crippen LogP contribution in [0, 0.1) is 0 Å². The third-order valence-corrected chi connectivity index (χ3v) is 4.19. The van der Waals surface area contributed by atoms with Gasteiger partial charge in [0.1, 0.15) is 5.00 Å². The molecule has 1 aromatic rings. The van der Waals surface area contributed by atoms with Crippen LogP contribution in [0.2, 0.25) is 0 Å². The van der Waals surface area contributed by atoms with Crippen LogP contribution >= 0.6 is 11.3 Å². The Labute approximate surface area is 113 Å². The number of anilines is 1. The average molecular weight is 282 g/mol. The summed E-state index contributed by atoms with van der Waals surface area (Å²) < 4.78 is 0. The van der Waals surface area contributed by atoms with Gasteiger partial charge in [-0.05, 0) is 31.2 Å². The lowest BCUT2D eigenvalue weighted by atomic mass is 9.95. The molecule has 6 N–H and O–H groups in total. The second-order valence-electron chi connectivity index (χ2n) is 4.21. The average Bonchev–Trinajstić information content (AvgIpc) is 2.75. The Morgan fingerprint density at radius 3 is 2.42 bits per heavy atom. The van der Waals surface area contributed by atoms with Crippen molar-refractivity contribution in [2.24, 2.45) is 11.6 Å². The summed E-state index contributed by atoms with van der Waals surface area (Å²) in [6.45, 7) is 0. The van der Waals surface area contributed by atoms with Crippen molar-refractivity contribution in [1.82, 2.24) is 5.43 Å². The molecule has 0 spiro atoms. The molecule has 0 saturated heterocycles. The smallest absolute Gasteiger partial charge is 0.323 e. The van der Waals surface area contributed by atoms with Crippen LogP contribution < -0.4 is 22.3 Å². The molecule has 19 heavy (non-hydrogen) atoms. The molecule has 1 heterocycles. The lowest BCUT2D eigenvalue weighted by Gasteiger charge is -2.11. The van der Waals surface area contributed by atoms with E-state index < -0.39 is 17.7 Å². The van der Waals surface area contributed by atoms with Crippen molar-refractivity contribution < 1.29 is 14.4 Å². The van der Waals surface area contributed by atoms with Crippen LogP contribution in [0.15, 0.2) is 0 Å². The molecule has 2 rings (SSSR count). The number of primary amides is 1. The van der Waals surface area contributed by atoms with Gasteiger partial charge in [-0.3, -0.25) is 19.8 Å². The maximum Gasteiger partial charge on any atom is 0.323 e. The summed E-state index contributed by atoms with van der Waals surface area (Å²) in [5.41, 5.74) is 8.30. The van der Waals surface area contributed by atoms with Gasteiger partial charge < -0.3 is 11.1 Å². The van der Waals surface area contributed by atoms with Crippen molar-refractivity contribution in [2.75, 3.05) is 5.32 Å². The van der Waals surface area contributed by atoms with Crippen molar-refractivity contribution in [2.45, 2.75) is 25.7 Å². The highest BCUT2D eigenvalue weighted by molar-refractivity contribution is 7.17. The molecule has 1 aromatic heterocycles. The Morgan fingerprint density at radius 1 is 1.11 bits per heavy atom. The van der Waals surface area contributed by atoms with Crippen LogP contribution in [0.4, 0.5) is 5.00 Å². The van der Waals surface area contributed by atoms with Crippen LogP contribution in [0.25, 0.3) is 0 Å². The molecule has 0 unspecified atom stereocenters. The molecule has 1 aliphatic carbocycles. The lowest BCUT2D eigenvalue weighted by Crippen LogP contribution is -2.39. The van der Waals surface area contributed by atoms with Gasteiger partial charge in [0.05, 0.1) is 5.56 Å². The van der Waals surface area contributed by atoms with E-state index in [1.54, 1.807) is 5.43 Å². The Balaban J connectivity index is 2.35. The SMILES string of the molecule is NNC(=O)C(=O)Nc1sc2c(c1C(N)=O)CCCC2. The number of rotatable bonds is 2. The van der Waals surface area contributed by atoms with Gasteiger partial charge in [0.15, 0.2) is 0 Å². The zero-order valence-electron chi connectivity index (χ0n) is 10.1. The molecule has 0 aromatic carbocycles. The van der Waals surface area contributed by atoms with Crippen LogP contribution in [-0.2, 0) is 22.4 Å². The minimum atomic E-state index is -0.971. The first-order valence-electron chi connectivity index (χ1n) is 5.81. The number of aryl methyl sites for hydroxylation is 1. The van der Waals surface area contributed by atoms with Gasteiger partial charge in [-0.2, -0.15) is 0 Å². The van der Waals surface area contributed by atoms with Crippen LogP contribution in [0.3, 0.4) is 0 Å². The van der Waals surface area contributed by atoms with E-state index in [4.69, 9.17) is 11.6 Å². The van der Waals surface area contributed by atoms with E-state index in [2.05, 4.69) is 5.32 Å². The number of hydrogen-bond donors (Lipinski definition) is 4. The van der Waals surface area contributed by atoms with Crippen molar-refractivity contribution in [3.8, 4) is 0 Å². The van der Waals surface area contributed by atoms with E-state index in [0.29, 0.717) is 10.6 Å². The molecule has 0 atom stereocenters. The molecule has 8 heteroatoms. The minimum Gasteiger partial charge on any atom is -0.365 e. The highest BCUT2D eigenvalue weighted by Gasteiger charge is 2.26. The fourth-order valence-electron chi connectivity index (χ4n) is 2.14. The van der Waals surface area contributed by atoms with Crippen LogP contribution in [0.1, 0.15) is 33.6 Å². The van der Waals surface area contributed by atoms with Crippen molar-refractivity contribution in [1.29, 1.82) is 0 Å². The number of carbonyl (C=O) groups excluding carboxylic acids is 3. The molecule has 1 aliphatic rings.